The molecule has 1 amide bonds. The second-order valence-electron chi connectivity index (χ2n) is 11.1. The molecule has 3 aliphatic rings. The molecule has 0 N–H and O–H groups in total. The van der Waals surface area contributed by atoms with Crippen LogP contribution in [0.4, 0.5) is 4.79 Å². The fraction of sp³-hybridized carbons (Fsp3) is 0.613. The number of quaternary nitrogens is 1. The number of benzene rings is 1. The first-order valence-electron chi connectivity index (χ1n) is 14.6. The summed E-state index contributed by atoms with van der Waals surface area (Å²) in [6.07, 6.45) is 4.66. The Morgan fingerprint density at radius 2 is 1.82 bits per heavy atom. The smallest absolute Gasteiger partial charge is 0.410 e. The fourth-order valence-corrected chi connectivity index (χ4v) is 6.12. The van der Waals surface area contributed by atoms with Crippen LogP contribution in [0.1, 0.15) is 56.1 Å². The van der Waals surface area contributed by atoms with Crippen molar-refractivity contribution in [2.75, 3.05) is 53.6 Å². The molecule has 1 aromatic carbocycles. The Morgan fingerprint density at radius 3 is 2.50 bits per heavy atom. The number of hydrogen-bond acceptors (Lipinski definition) is 7. The largest absolute Gasteiger partial charge is 0.493 e. The van der Waals surface area contributed by atoms with Gasteiger partial charge in [-0.2, -0.15) is 0 Å². The third-order valence-electron chi connectivity index (χ3n) is 8.38. The van der Waals surface area contributed by atoms with Crippen molar-refractivity contribution in [3.05, 3.63) is 47.4 Å². The van der Waals surface area contributed by atoms with E-state index in [0.29, 0.717) is 50.0 Å². The molecule has 3 fully saturated rings. The molecule has 0 spiro atoms. The molecule has 9 nitrogen and oxygen atoms in total. The van der Waals surface area contributed by atoms with Gasteiger partial charge in [-0.3, -0.25) is 4.79 Å². The Kier molecular flexibility index (Phi) is 10.4. The number of esters is 1. The third kappa shape index (κ3) is 7.71. The van der Waals surface area contributed by atoms with Crippen LogP contribution in [0.5, 0.6) is 11.5 Å². The summed E-state index contributed by atoms with van der Waals surface area (Å²) in [6.45, 7) is 9.09. The lowest BCUT2D eigenvalue weighted by molar-refractivity contribution is -0.946. The maximum Gasteiger partial charge on any atom is 0.410 e. The Labute approximate surface area is 237 Å². The van der Waals surface area contributed by atoms with Gasteiger partial charge in [0, 0.05) is 31.7 Å². The van der Waals surface area contributed by atoms with Crippen LogP contribution < -0.4 is 9.47 Å². The van der Waals surface area contributed by atoms with Gasteiger partial charge in [-0.05, 0) is 62.9 Å². The highest BCUT2D eigenvalue weighted by Gasteiger charge is 2.47. The van der Waals surface area contributed by atoms with Crippen LogP contribution >= 0.6 is 0 Å². The maximum absolute atomic E-state index is 13.6. The molecular weight excluding hydrogens is 512 g/mol. The van der Waals surface area contributed by atoms with Crippen molar-refractivity contribution < 1.29 is 37.4 Å². The van der Waals surface area contributed by atoms with Crippen molar-refractivity contribution >= 4 is 12.1 Å². The lowest BCUT2D eigenvalue weighted by Gasteiger charge is -2.52. The molecule has 220 valence electrons. The number of piperidine rings is 3. The molecule has 1 aromatic heterocycles. The number of hydrogen-bond donors (Lipinski definition) is 0. The predicted molar refractivity (Wildman–Crippen MR) is 150 cm³/mol. The van der Waals surface area contributed by atoms with Gasteiger partial charge in [0.05, 0.1) is 47.0 Å². The highest BCUT2D eigenvalue weighted by atomic mass is 16.6. The monoisotopic (exact) mass is 557 g/mol. The summed E-state index contributed by atoms with van der Waals surface area (Å²) < 4.78 is 28.9. The van der Waals surface area contributed by atoms with Crippen molar-refractivity contribution in [3.63, 3.8) is 0 Å². The van der Waals surface area contributed by atoms with E-state index in [-0.39, 0.29) is 18.2 Å². The maximum atomic E-state index is 13.6. The lowest BCUT2D eigenvalue weighted by atomic mass is 9.83. The van der Waals surface area contributed by atoms with E-state index in [9.17, 15) is 9.59 Å². The summed E-state index contributed by atoms with van der Waals surface area (Å²) in [5.74, 6) is 3.18. The van der Waals surface area contributed by atoms with Gasteiger partial charge in [-0.1, -0.05) is 6.07 Å². The molecule has 2 aromatic rings. The minimum atomic E-state index is -0.297. The van der Waals surface area contributed by atoms with Crippen LogP contribution in [0.2, 0.25) is 0 Å². The van der Waals surface area contributed by atoms with E-state index in [1.165, 1.54) is 0 Å². The molecule has 0 radical (unpaired) electrons. The van der Waals surface area contributed by atoms with E-state index < -0.39 is 0 Å². The Hall–Kier alpha value is -3.20. The topological polar surface area (TPSA) is 87.4 Å². The summed E-state index contributed by atoms with van der Waals surface area (Å²) in [6, 6.07) is 9.65. The second-order valence-corrected chi connectivity index (χ2v) is 11.1. The summed E-state index contributed by atoms with van der Waals surface area (Å²) in [5.41, 5.74) is 1.04. The van der Waals surface area contributed by atoms with Gasteiger partial charge in [-0.25, -0.2) is 4.79 Å². The second kappa shape index (κ2) is 13.9. The fourth-order valence-electron chi connectivity index (χ4n) is 6.12. The molecule has 3 aliphatic heterocycles. The third-order valence-corrected chi connectivity index (χ3v) is 8.38. The number of rotatable bonds is 14. The van der Waals surface area contributed by atoms with E-state index in [2.05, 4.69) is 0 Å². The number of fused-ring (bicyclic) bond motifs is 3. The standard InChI is InChI=1S/C31H45N2O7/c1-5-38-30(34)8-6-7-17-33-18-14-25(15-19-33)29(22-33)40-31(35)32(21-26-11-9-23(2)39-26)16-13-24-10-12-27(36-3)28(20-24)37-4/h9-12,20,25,29H,5-8,13-19,21-22H2,1-4H3/q+1/t25?,29-,33?/m0/s1. The highest BCUT2D eigenvalue weighted by molar-refractivity contribution is 5.69. The van der Waals surface area contributed by atoms with Crippen LogP contribution in [0.15, 0.2) is 34.7 Å². The Balaban J connectivity index is 1.38. The van der Waals surface area contributed by atoms with Crippen LogP contribution in [0, 0.1) is 12.8 Å². The van der Waals surface area contributed by atoms with Crippen LogP contribution in [-0.2, 0) is 27.2 Å². The number of aryl methyl sites for hydroxylation is 1. The lowest BCUT2D eigenvalue weighted by Crippen LogP contribution is -2.65. The van der Waals surface area contributed by atoms with Crippen molar-refractivity contribution in [2.45, 2.75) is 65.0 Å². The number of furan rings is 1. The summed E-state index contributed by atoms with van der Waals surface area (Å²) in [5, 5.41) is 0. The normalized spacial score (nSPS) is 21.6. The Bertz CT molecular complexity index is 1120. The van der Waals surface area contributed by atoms with Gasteiger partial charge < -0.3 is 32.7 Å². The predicted octanol–water partition coefficient (Wildman–Crippen LogP) is 5.13. The molecule has 0 saturated carbocycles. The molecule has 0 unspecified atom stereocenters. The van der Waals surface area contributed by atoms with Gasteiger partial charge in [0.15, 0.2) is 17.6 Å². The van der Waals surface area contributed by atoms with Gasteiger partial charge in [0.25, 0.3) is 0 Å². The van der Waals surface area contributed by atoms with E-state index in [4.69, 9.17) is 23.4 Å². The summed E-state index contributed by atoms with van der Waals surface area (Å²) in [7, 11) is 3.24. The Morgan fingerprint density at radius 1 is 1.05 bits per heavy atom. The number of unbranched alkanes of at least 4 members (excludes halogenated alkanes) is 1. The number of carbonyl (C=O) groups excluding carboxylic acids is 2. The number of carbonyl (C=O) groups is 2. The molecule has 3 saturated heterocycles. The average molecular weight is 558 g/mol. The molecule has 5 rings (SSSR count). The molecule has 9 heteroatoms. The van der Waals surface area contributed by atoms with E-state index in [1.54, 1.807) is 19.1 Å². The first-order valence-corrected chi connectivity index (χ1v) is 14.6. The highest BCUT2D eigenvalue weighted by Crippen LogP contribution is 2.36. The molecule has 4 heterocycles. The zero-order valence-electron chi connectivity index (χ0n) is 24.5. The first kappa shape index (κ1) is 29.8. The van der Waals surface area contributed by atoms with Crippen LogP contribution in [0.3, 0.4) is 0 Å². The number of amides is 1. The van der Waals surface area contributed by atoms with Crippen molar-refractivity contribution in [2.24, 2.45) is 5.92 Å². The van der Waals surface area contributed by atoms with Gasteiger partial charge >= 0.3 is 12.1 Å². The number of methoxy groups -OCH3 is 2. The SMILES string of the molecule is CCOC(=O)CCCC[N+]12CCC(CC1)[C@@H](OC(=O)N(CCc1ccc(OC)c(OC)c1)Cc1ccc(C)o1)C2. The van der Waals surface area contributed by atoms with Gasteiger partial charge in [0.1, 0.15) is 18.1 Å². The van der Waals surface area contributed by atoms with Crippen LogP contribution in [0.25, 0.3) is 0 Å². The van der Waals surface area contributed by atoms with Crippen LogP contribution in [-0.4, -0.2) is 81.1 Å². The summed E-state index contributed by atoms with van der Waals surface area (Å²) in [4.78, 5) is 27.1. The van der Waals surface area contributed by atoms with Crippen molar-refractivity contribution in [1.29, 1.82) is 0 Å². The van der Waals surface area contributed by atoms with Gasteiger partial charge in [-0.15, -0.1) is 0 Å². The minimum Gasteiger partial charge on any atom is -0.493 e. The first-order chi connectivity index (χ1) is 19.3. The molecular formula is C31H45N2O7+. The average Bonchev–Trinajstić information content (AvgIpc) is 3.38. The van der Waals surface area contributed by atoms with E-state index >= 15 is 0 Å². The van der Waals surface area contributed by atoms with Crippen molar-refractivity contribution in [1.82, 2.24) is 4.90 Å². The number of nitrogens with zero attached hydrogens (tertiary/aromatic N) is 2. The summed E-state index contributed by atoms with van der Waals surface area (Å²) >= 11 is 0. The van der Waals surface area contributed by atoms with E-state index in [1.807, 2.05) is 44.2 Å². The van der Waals surface area contributed by atoms with Crippen molar-refractivity contribution in [3.8, 4) is 11.5 Å². The zero-order chi connectivity index (χ0) is 28.5. The molecule has 2 bridgehead atoms. The minimum absolute atomic E-state index is 0.0954. The number of ether oxygens (including phenoxy) is 4. The van der Waals surface area contributed by atoms with Gasteiger partial charge in [0.2, 0.25) is 0 Å². The quantitative estimate of drug-likeness (QED) is 0.181. The molecule has 40 heavy (non-hydrogen) atoms. The zero-order valence-corrected chi connectivity index (χ0v) is 24.5. The molecule has 0 aliphatic carbocycles. The molecule has 1 atom stereocenters. The van der Waals surface area contributed by atoms with E-state index in [0.717, 1.165) is 73.4 Å².